The molecule has 1 amide bonds. The molecular weight excluding hydrogens is 405 g/mol. The summed E-state index contributed by atoms with van der Waals surface area (Å²) in [5.74, 6) is -2.38. The normalized spacial score (nSPS) is 17.5. The first-order valence-electron chi connectivity index (χ1n) is 8.88. The minimum Gasteiger partial charge on any atom is -0.506 e. The lowest BCUT2D eigenvalue weighted by Crippen LogP contribution is -2.28. The van der Waals surface area contributed by atoms with E-state index in [0.29, 0.717) is 11.3 Å². The number of carbonyl (C=O) groups is 1. The quantitative estimate of drug-likeness (QED) is 0.697. The van der Waals surface area contributed by atoms with Gasteiger partial charge in [-0.3, -0.25) is 4.79 Å². The molecular formula is C20H13F3N2O5. The molecule has 1 atom stereocenters. The van der Waals surface area contributed by atoms with Crippen LogP contribution in [0, 0.1) is 0 Å². The van der Waals surface area contributed by atoms with Crippen LogP contribution < -0.4 is 14.4 Å². The number of ether oxygens (including phenoxy) is 2. The molecule has 7 nitrogen and oxygen atoms in total. The fourth-order valence-electron chi connectivity index (χ4n) is 3.63. The van der Waals surface area contributed by atoms with Crippen molar-refractivity contribution in [3.05, 3.63) is 65.2 Å². The number of nitrogens with zero attached hydrogens (tertiary/aromatic N) is 2. The van der Waals surface area contributed by atoms with E-state index in [0.717, 1.165) is 6.07 Å². The fraction of sp³-hybridized carbons (Fsp3) is 0.200. The van der Waals surface area contributed by atoms with Crippen LogP contribution in [0.5, 0.6) is 17.4 Å². The monoisotopic (exact) mass is 418 g/mol. The third-order valence-corrected chi connectivity index (χ3v) is 4.95. The molecule has 0 aliphatic carbocycles. The lowest BCUT2D eigenvalue weighted by molar-refractivity contribution is -0.153. The first kappa shape index (κ1) is 18.3. The molecule has 0 bridgehead atoms. The Kier molecular flexibility index (Phi) is 3.92. The molecule has 4 heterocycles. The first-order chi connectivity index (χ1) is 14.3. The Labute approximate surface area is 167 Å². The maximum absolute atomic E-state index is 13.3. The van der Waals surface area contributed by atoms with Crippen LogP contribution in [0.2, 0.25) is 0 Å². The van der Waals surface area contributed by atoms with Crippen molar-refractivity contribution >= 4 is 11.6 Å². The number of furan rings is 1. The third-order valence-electron chi connectivity index (χ3n) is 4.95. The average Bonchev–Trinajstić information content (AvgIpc) is 3.40. The van der Waals surface area contributed by atoms with Crippen LogP contribution in [-0.4, -0.2) is 22.8 Å². The molecule has 2 aliphatic rings. The second kappa shape index (κ2) is 6.41. The number of hydrogen-bond acceptors (Lipinski definition) is 6. The molecule has 2 aromatic heterocycles. The summed E-state index contributed by atoms with van der Waals surface area (Å²) < 4.78 is 53.8. The van der Waals surface area contributed by atoms with Gasteiger partial charge in [0, 0.05) is 11.8 Å². The maximum atomic E-state index is 13.3. The van der Waals surface area contributed by atoms with Gasteiger partial charge in [-0.2, -0.15) is 13.2 Å². The van der Waals surface area contributed by atoms with Crippen molar-refractivity contribution in [1.82, 2.24) is 4.98 Å². The Bertz CT molecular complexity index is 1160. The topological polar surface area (TPSA) is 85.0 Å². The summed E-state index contributed by atoms with van der Waals surface area (Å²) in [7, 11) is 0. The standard InChI is InChI=1S/C20H13F3N2O5/c21-20(22,23)15-6-5-10(30-15)8-25-12-4-2-1-3-11(12)16(19(25)27)17-13(26)7-14-18(24-17)29-9-28-14/h1-7,16,26H,8-9H2. The van der Waals surface area contributed by atoms with Gasteiger partial charge in [0.25, 0.3) is 5.88 Å². The number of para-hydroxylation sites is 1. The molecule has 1 aromatic carbocycles. The van der Waals surface area contributed by atoms with Crippen molar-refractivity contribution < 1.29 is 37.0 Å². The number of benzene rings is 1. The van der Waals surface area contributed by atoms with Crippen LogP contribution in [-0.2, 0) is 17.5 Å². The second-order valence-corrected chi connectivity index (χ2v) is 6.78. The van der Waals surface area contributed by atoms with Crippen LogP contribution in [0.3, 0.4) is 0 Å². The highest BCUT2D eigenvalue weighted by molar-refractivity contribution is 6.07. The molecule has 10 heteroatoms. The number of anilines is 1. The SMILES string of the molecule is O=C1C(c2nc3c(cc2O)OCO3)c2ccccc2N1Cc1ccc(C(F)(F)F)o1. The highest BCUT2D eigenvalue weighted by Crippen LogP contribution is 2.46. The molecule has 1 N–H and O–H groups in total. The van der Waals surface area contributed by atoms with Gasteiger partial charge in [0.1, 0.15) is 23.1 Å². The Balaban J connectivity index is 1.53. The number of fused-ring (bicyclic) bond motifs is 2. The summed E-state index contributed by atoms with van der Waals surface area (Å²) in [6, 6.07) is 10.1. The van der Waals surface area contributed by atoms with E-state index in [9.17, 15) is 23.1 Å². The van der Waals surface area contributed by atoms with Crippen molar-refractivity contribution in [2.45, 2.75) is 18.6 Å². The Morgan fingerprint density at radius 2 is 1.97 bits per heavy atom. The summed E-state index contributed by atoms with van der Waals surface area (Å²) in [5, 5.41) is 10.4. The molecule has 3 aromatic rings. The van der Waals surface area contributed by atoms with Gasteiger partial charge in [0.05, 0.1) is 6.54 Å². The van der Waals surface area contributed by atoms with Gasteiger partial charge in [-0.15, -0.1) is 0 Å². The molecule has 30 heavy (non-hydrogen) atoms. The average molecular weight is 418 g/mol. The summed E-state index contributed by atoms with van der Waals surface area (Å²) in [5.41, 5.74) is 1.14. The van der Waals surface area contributed by atoms with Crippen LogP contribution in [0.1, 0.15) is 28.7 Å². The van der Waals surface area contributed by atoms with Crippen LogP contribution in [0.4, 0.5) is 18.9 Å². The minimum absolute atomic E-state index is 0.0194. The van der Waals surface area contributed by atoms with Crippen LogP contribution in [0.25, 0.3) is 0 Å². The largest absolute Gasteiger partial charge is 0.506 e. The first-order valence-corrected chi connectivity index (χ1v) is 8.88. The zero-order valence-electron chi connectivity index (χ0n) is 15.1. The molecule has 0 saturated carbocycles. The lowest BCUT2D eigenvalue weighted by Gasteiger charge is -2.17. The highest BCUT2D eigenvalue weighted by Gasteiger charge is 2.42. The van der Waals surface area contributed by atoms with E-state index >= 15 is 0 Å². The predicted molar refractivity (Wildman–Crippen MR) is 95.2 cm³/mol. The molecule has 1 unspecified atom stereocenters. The number of amides is 1. The molecule has 5 rings (SSSR count). The van der Waals surface area contributed by atoms with Gasteiger partial charge in [0.2, 0.25) is 18.5 Å². The van der Waals surface area contributed by atoms with Crippen molar-refractivity contribution in [3.8, 4) is 17.4 Å². The summed E-state index contributed by atoms with van der Waals surface area (Å²) >= 11 is 0. The lowest BCUT2D eigenvalue weighted by atomic mass is 9.96. The van der Waals surface area contributed by atoms with E-state index in [-0.39, 0.29) is 42.2 Å². The van der Waals surface area contributed by atoms with Crippen molar-refractivity contribution in [3.63, 3.8) is 0 Å². The predicted octanol–water partition coefficient (Wildman–Crippen LogP) is 3.81. The molecule has 154 valence electrons. The molecule has 0 saturated heterocycles. The summed E-state index contributed by atoms with van der Waals surface area (Å²) in [4.78, 5) is 18.8. The molecule has 0 spiro atoms. The zero-order valence-corrected chi connectivity index (χ0v) is 15.1. The van der Waals surface area contributed by atoms with Crippen molar-refractivity contribution in [1.29, 1.82) is 0 Å². The van der Waals surface area contributed by atoms with Gasteiger partial charge in [-0.1, -0.05) is 18.2 Å². The number of rotatable bonds is 3. The number of pyridine rings is 1. The number of alkyl halides is 3. The van der Waals surface area contributed by atoms with E-state index in [1.165, 1.54) is 17.0 Å². The summed E-state index contributed by atoms with van der Waals surface area (Å²) in [6.45, 7) is -0.250. The number of aromatic hydroxyl groups is 1. The fourth-order valence-corrected chi connectivity index (χ4v) is 3.63. The van der Waals surface area contributed by atoms with Crippen molar-refractivity contribution in [2.24, 2.45) is 0 Å². The zero-order chi connectivity index (χ0) is 21.0. The van der Waals surface area contributed by atoms with E-state index in [2.05, 4.69) is 4.98 Å². The van der Waals surface area contributed by atoms with Crippen LogP contribution >= 0.6 is 0 Å². The Hall–Kier alpha value is -3.69. The second-order valence-electron chi connectivity index (χ2n) is 6.78. The number of carbonyl (C=O) groups excluding carboxylic acids is 1. The maximum Gasteiger partial charge on any atom is 0.449 e. The Morgan fingerprint density at radius 1 is 1.17 bits per heavy atom. The van der Waals surface area contributed by atoms with Gasteiger partial charge in [-0.25, -0.2) is 4.98 Å². The molecule has 2 aliphatic heterocycles. The highest BCUT2D eigenvalue weighted by atomic mass is 19.4. The minimum atomic E-state index is -4.62. The van der Waals surface area contributed by atoms with Gasteiger partial charge >= 0.3 is 6.18 Å². The number of aromatic nitrogens is 1. The van der Waals surface area contributed by atoms with E-state index in [1.807, 2.05) is 0 Å². The van der Waals surface area contributed by atoms with Crippen LogP contribution in [0.15, 0.2) is 46.9 Å². The molecule has 0 radical (unpaired) electrons. The number of hydrogen-bond donors (Lipinski definition) is 1. The number of halogens is 3. The van der Waals surface area contributed by atoms with E-state index in [4.69, 9.17) is 13.9 Å². The smallest absolute Gasteiger partial charge is 0.449 e. The van der Waals surface area contributed by atoms with Gasteiger partial charge in [-0.05, 0) is 23.8 Å². The van der Waals surface area contributed by atoms with Gasteiger partial charge < -0.3 is 23.9 Å². The Morgan fingerprint density at radius 3 is 2.73 bits per heavy atom. The summed E-state index contributed by atoms with van der Waals surface area (Å²) in [6.07, 6.45) is -4.62. The van der Waals surface area contributed by atoms with E-state index < -0.39 is 23.8 Å². The van der Waals surface area contributed by atoms with E-state index in [1.54, 1.807) is 24.3 Å². The third kappa shape index (κ3) is 2.83. The van der Waals surface area contributed by atoms with Gasteiger partial charge in [0.15, 0.2) is 5.75 Å². The molecule has 0 fully saturated rings. The van der Waals surface area contributed by atoms with Crippen molar-refractivity contribution in [2.75, 3.05) is 11.7 Å².